The van der Waals surface area contributed by atoms with Gasteiger partial charge in [0.15, 0.2) is 0 Å². The van der Waals surface area contributed by atoms with Crippen LogP contribution in [0, 0.1) is 5.82 Å². The number of hydrogen-bond acceptors (Lipinski definition) is 4. The molecule has 110 valence electrons. The van der Waals surface area contributed by atoms with Gasteiger partial charge in [0.25, 0.3) is 0 Å². The molecule has 0 fully saturated rings. The summed E-state index contributed by atoms with van der Waals surface area (Å²) in [4.78, 5) is 11.7. The van der Waals surface area contributed by atoms with E-state index in [-0.39, 0.29) is 12.3 Å². The van der Waals surface area contributed by atoms with E-state index in [2.05, 4.69) is 21.2 Å². The smallest absolute Gasteiger partial charge is 0.338 e. The van der Waals surface area contributed by atoms with Crippen molar-refractivity contribution < 1.29 is 13.9 Å². The first-order valence-corrected chi connectivity index (χ1v) is 7.09. The SMILES string of the molecule is CCOC(=O)c1ccc(N)c(Nc2ccc(Br)cc2F)c1. The second kappa shape index (κ2) is 6.58. The highest BCUT2D eigenvalue weighted by molar-refractivity contribution is 9.10. The zero-order valence-electron chi connectivity index (χ0n) is 11.3. The van der Waals surface area contributed by atoms with Gasteiger partial charge in [-0.1, -0.05) is 15.9 Å². The van der Waals surface area contributed by atoms with Crippen molar-refractivity contribution in [3.8, 4) is 0 Å². The van der Waals surface area contributed by atoms with E-state index >= 15 is 0 Å². The lowest BCUT2D eigenvalue weighted by atomic mass is 10.1. The van der Waals surface area contributed by atoms with Gasteiger partial charge in [0.2, 0.25) is 0 Å². The highest BCUT2D eigenvalue weighted by Crippen LogP contribution is 2.27. The zero-order valence-corrected chi connectivity index (χ0v) is 12.9. The largest absolute Gasteiger partial charge is 0.462 e. The lowest BCUT2D eigenvalue weighted by Crippen LogP contribution is -2.06. The van der Waals surface area contributed by atoms with Crippen molar-refractivity contribution in [2.24, 2.45) is 0 Å². The van der Waals surface area contributed by atoms with Crippen LogP contribution < -0.4 is 11.1 Å². The van der Waals surface area contributed by atoms with Crippen LogP contribution in [0.4, 0.5) is 21.5 Å². The van der Waals surface area contributed by atoms with Crippen LogP contribution in [0.1, 0.15) is 17.3 Å². The molecule has 0 saturated heterocycles. The average molecular weight is 353 g/mol. The fraction of sp³-hybridized carbons (Fsp3) is 0.133. The number of carbonyl (C=O) groups is 1. The Kier molecular flexibility index (Phi) is 4.80. The summed E-state index contributed by atoms with van der Waals surface area (Å²) in [6, 6.07) is 9.30. The molecular formula is C15H14BrFN2O2. The maximum Gasteiger partial charge on any atom is 0.338 e. The monoisotopic (exact) mass is 352 g/mol. The number of esters is 1. The number of ether oxygens (including phenoxy) is 1. The van der Waals surface area contributed by atoms with E-state index in [1.807, 2.05) is 0 Å². The van der Waals surface area contributed by atoms with Gasteiger partial charge in [0.05, 0.1) is 29.2 Å². The van der Waals surface area contributed by atoms with Crippen LogP contribution in [-0.2, 0) is 4.74 Å². The van der Waals surface area contributed by atoms with Crippen molar-refractivity contribution in [1.29, 1.82) is 0 Å². The molecule has 4 nitrogen and oxygen atoms in total. The van der Waals surface area contributed by atoms with Crippen LogP contribution >= 0.6 is 15.9 Å². The van der Waals surface area contributed by atoms with Gasteiger partial charge in [-0.25, -0.2) is 9.18 Å². The number of carbonyl (C=O) groups excluding carboxylic acids is 1. The number of nitrogens with one attached hydrogen (secondary N) is 1. The van der Waals surface area contributed by atoms with Crippen LogP contribution in [0.15, 0.2) is 40.9 Å². The van der Waals surface area contributed by atoms with Gasteiger partial charge in [-0.05, 0) is 43.3 Å². The summed E-state index contributed by atoms with van der Waals surface area (Å²) in [5.74, 6) is -0.873. The number of rotatable bonds is 4. The molecule has 0 radical (unpaired) electrons. The molecule has 3 N–H and O–H groups in total. The third kappa shape index (κ3) is 3.72. The normalized spacial score (nSPS) is 10.2. The van der Waals surface area contributed by atoms with Crippen molar-refractivity contribution in [3.63, 3.8) is 0 Å². The van der Waals surface area contributed by atoms with Crippen LogP contribution in [0.2, 0.25) is 0 Å². The number of anilines is 3. The molecule has 6 heteroatoms. The van der Waals surface area contributed by atoms with Gasteiger partial charge in [-0.2, -0.15) is 0 Å². The van der Waals surface area contributed by atoms with E-state index < -0.39 is 11.8 Å². The van der Waals surface area contributed by atoms with Crippen molar-refractivity contribution in [1.82, 2.24) is 0 Å². The molecule has 0 spiro atoms. The Hall–Kier alpha value is -2.08. The molecule has 2 rings (SSSR count). The maximum absolute atomic E-state index is 13.8. The minimum Gasteiger partial charge on any atom is -0.462 e. The molecular weight excluding hydrogens is 339 g/mol. The quantitative estimate of drug-likeness (QED) is 0.642. The molecule has 0 aliphatic heterocycles. The van der Waals surface area contributed by atoms with E-state index in [1.54, 1.807) is 31.2 Å². The fourth-order valence-electron chi connectivity index (χ4n) is 1.74. The Bertz CT molecular complexity index is 677. The first-order chi connectivity index (χ1) is 10.0. The predicted molar refractivity (Wildman–Crippen MR) is 84.2 cm³/mol. The lowest BCUT2D eigenvalue weighted by molar-refractivity contribution is 0.0526. The van der Waals surface area contributed by atoms with Crippen LogP contribution in [0.3, 0.4) is 0 Å². The standard InChI is InChI=1S/C15H14BrFN2O2/c1-2-21-15(20)9-3-5-12(18)14(7-9)19-13-6-4-10(16)8-11(13)17/h3-8,19H,2,18H2,1H3. The maximum atomic E-state index is 13.8. The average Bonchev–Trinajstić information content (AvgIpc) is 2.44. The van der Waals surface area contributed by atoms with Gasteiger partial charge >= 0.3 is 5.97 Å². The Morgan fingerprint density at radius 3 is 2.71 bits per heavy atom. The number of benzene rings is 2. The molecule has 0 atom stereocenters. The van der Waals surface area contributed by atoms with Gasteiger partial charge in [-0.3, -0.25) is 0 Å². The molecule has 0 aliphatic carbocycles. The van der Waals surface area contributed by atoms with Gasteiger partial charge in [-0.15, -0.1) is 0 Å². The number of hydrogen-bond donors (Lipinski definition) is 2. The second-order valence-electron chi connectivity index (χ2n) is 4.27. The van der Waals surface area contributed by atoms with Gasteiger partial charge in [0.1, 0.15) is 5.82 Å². The minimum absolute atomic E-state index is 0.269. The number of halogens is 2. The van der Waals surface area contributed by atoms with Gasteiger partial charge in [0, 0.05) is 4.47 Å². The zero-order chi connectivity index (χ0) is 15.4. The third-order valence-electron chi connectivity index (χ3n) is 2.76. The first kappa shape index (κ1) is 15.3. The molecule has 0 saturated carbocycles. The molecule has 2 aromatic carbocycles. The van der Waals surface area contributed by atoms with Crippen LogP contribution in [-0.4, -0.2) is 12.6 Å². The summed E-state index contributed by atoms with van der Waals surface area (Å²) < 4.78 is 19.4. The van der Waals surface area contributed by atoms with Crippen molar-refractivity contribution in [3.05, 3.63) is 52.3 Å². The second-order valence-corrected chi connectivity index (χ2v) is 5.19. The fourth-order valence-corrected chi connectivity index (χ4v) is 2.08. The summed E-state index contributed by atoms with van der Waals surface area (Å²) in [7, 11) is 0. The van der Waals surface area contributed by atoms with Crippen molar-refractivity contribution in [2.45, 2.75) is 6.92 Å². The van der Waals surface area contributed by atoms with E-state index in [9.17, 15) is 9.18 Å². The highest BCUT2D eigenvalue weighted by atomic mass is 79.9. The van der Waals surface area contributed by atoms with Crippen molar-refractivity contribution >= 4 is 39.0 Å². The van der Waals surface area contributed by atoms with E-state index in [4.69, 9.17) is 10.5 Å². The van der Waals surface area contributed by atoms with Gasteiger partial charge < -0.3 is 15.8 Å². The molecule has 0 bridgehead atoms. The van der Waals surface area contributed by atoms with E-state index in [0.717, 1.165) is 0 Å². The third-order valence-corrected chi connectivity index (χ3v) is 3.26. The molecule has 0 aliphatic rings. The number of nitrogens with two attached hydrogens (primary N) is 1. The molecule has 0 unspecified atom stereocenters. The Morgan fingerprint density at radius 2 is 2.05 bits per heavy atom. The Labute approximate surface area is 130 Å². The van der Waals surface area contributed by atoms with E-state index in [1.165, 1.54) is 12.1 Å². The lowest BCUT2D eigenvalue weighted by Gasteiger charge is -2.12. The first-order valence-electron chi connectivity index (χ1n) is 6.30. The van der Waals surface area contributed by atoms with E-state index in [0.29, 0.717) is 21.4 Å². The molecule has 0 amide bonds. The highest BCUT2D eigenvalue weighted by Gasteiger charge is 2.11. The summed E-state index contributed by atoms with van der Waals surface area (Å²) in [5, 5.41) is 2.88. The molecule has 2 aromatic rings. The molecule has 0 heterocycles. The summed E-state index contributed by atoms with van der Waals surface area (Å²) in [5.41, 5.74) is 7.32. The topological polar surface area (TPSA) is 64.3 Å². The minimum atomic E-state index is -0.447. The summed E-state index contributed by atoms with van der Waals surface area (Å²) >= 11 is 3.19. The molecule has 0 aromatic heterocycles. The number of nitrogen functional groups attached to an aromatic ring is 1. The Balaban J connectivity index is 2.30. The van der Waals surface area contributed by atoms with Crippen LogP contribution in [0.5, 0.6) is 0 Å². The van der Waals surface area contributed by atoms with Crippen molar-refractivity contribution in [2.75, 3.05) is 17.7 Å². The summed E-state index contributed by atoms with van der Waals surface area (Å²) in [6.07, 6.45) is 0. The Morgan fingerprint density at radius 1 is 1.29 bits per heavy atom. The summed E-state index contributed by atoms with van der Waals surface area (Å²) in [6.45, 7) is 2.01. The van der Waals surface area contributed by atoms with Crippen LogP contribution in [0.25, 0.3) is 0 Å². The predicted octanol–water partition coefficient (Wildman–Crippen LogP) is 4.09. The molecule has 21 heavy (non-hydrogen) atoms.